The van der Waals surface area contributed by atoms with Crippen molar-refractivity contribution in [3.05, 3.63) is 29.8 Å². The molecule has 17 heavy (non-hydrogen) atoms. The summed E-state index contributed by atoms with van der Waals surface area (Å²) in [5, 5.41) is 2.65. The van der Waals surface area contributed by atoms with Gasteiger partial charge < -0.3 is 9.47 Å². The van der Waals surface area contributed by atoms with Gasteiger partial charge in [-0.25, -0.2) is 4.79 Å². The van der Waals surface area contributed by atoms with Crippen molar-refractivity contribution >= 4 is 23.5 Å². The standard InChI is InChI=1S/C12H15NO3S/c1-2-15-12(14)13-10-5-3-9(4-6-10)11-16-7-8-17-11/h3-6,11H,2,7-8H2,1H3,(H,13,14). The summed E-state index contributed by atoms with van der Waals surface area (Å²) in [4.78, 5) is 11.2. The van der Waals surface area contributed by atoms with Crippen LogP contribution in [0.15, 0.2) is 24.3 Å². The molecule has 92 valence electrons. The maximum absolute atomic E-state index is 11.2. The topological polar surface area (TPSA) is 47.6 Å². The van der Waals surface area contributed by atoms with Gasteiger partial charge in [-0.15, -0.1) is 11.8 Å². The summed E-state index contributed by atoms with van der Waals surface area (Å²) in [7, 11) is 0. The second kappa shape index (κ2) is 5.93. The van der Waals surface area contributed by atoms with Crippen LogP contribution < -0.4 is 5.32 Å². The number of nitrogens with one attached hydrogen (secondary N) is 1. The fourth-order valence-corrected chi connectivity index (χ4v) is 2.51. The smallest absolute Gasteiger partial charge is 0.411 e. The summed E-state index contributed by atoms with van der Waals surface area (Å²) < 4.78 is 10.3. The van der Waals surface area contributed by atoms with Crippen molar-refractivity contribution in [2.75, 3.05) is 24.3 Å². The fraction of sp³-hybridized carbons (Fsp3) is 0.417. The molecule has 1 aliphatic heterocycles. The number of hydrogen-bond donors (Lipinski definition) is 1. The molecule has 1 aromatic carbocycles. The number of anilines is 1. The largest absolute Gasteiger partial charge is 0.450 e. The van der Waals surface area contributed by atoms with Crippen molar-refractivity contribution in [1.29, 1.82) is 0 Å². The number of carbonyl (C=O) groups is 1. The molecule has 0 aliphatic carbocycles. The zero-order chi connectivity index (χ0) is 12.1. The molecule has 0 bridgehead atoms. The van der Waals surface area contributed by atoms with Gasteiger partial charge in [0.15, 0.2) is 0 Å². The van der Waals surface area contributed by atoms with E-state index in [0.29, 0.717) is 6.61 Å². The fourth-order valence-electron chi connectivity index (χ4n) is 1.56. The van der Waals surface area contributed by atoms with Crippen molar-refractivity contribution in [2.45, 2.75) is 12.4 Å². The van der Waals surface area contributed by atoms with Gasteiger partial charge in [0, 0.05) is 11.4 Å². The average Bonchev–Trinajstić information content (AvgIpc) is 2.84. The van der Waals surface area contributed by atoms with Crippen LogP contribution in [-0.4, -0.2) is 25.1 Å². The highest BCUT2D eigenvalue weighted by atomic mass is 32.2. The van der Waals surface area contributed by atoms with Crippen LogP contribution in [0.3, 0.4) is 0 Å². The van der Waals surface area contributed by atoms with E-state index in [1.165, 1.54) is 0 Å². The molecule has 1 unspecified atom stereocenters. The minimum absolute atomic E-state index is 0.131. The van der Waals surface area contributed by atoms with Gasteiger partial charge in [-0.2, -0.15) is 0 Å². The lowest BCUT2D eigenvalue weighted by Crippen LogP contribution is -2.13. The summed E-state index contributed by atoms with van der Waals surface area (Å²) >= 11 is 1.79. The van der Waals surface area contributed by atoms with E-state index < -0.39 is 6.09 Å². The number of carbonyl (C=O) groups excluding carboxylic acids is 1. The SMILES string of the molecule is CCOC(=O)Nc1ccc(C2OCCS2)cc1. The highest BCUT2D eigenvalue weighted by molar-refractivity contribution is 7.99. The number of hydrogen-bond acceptors (Lipinski definition) is 4. The van der Waals surface area contributed by atoms with Gasteiger partial charge >= 0.3 is 6.09 Å². The molecule has 2 rings (SSSR count). The van der Waals surface area contributed by atoms with Gasteiger partial charge in [-0.1, -0.05) is 12.1 Å². The lowest BCUT2D eigenvalue weighted by atomic mass is 10.2. The Bertz CT molecular complexity index is 374. The first kappa shape index (κ1) is 12.3. The van der Waals surface area contributed by atoms with E-state index in [9.17, 15) is 4.79 Å². The number of rotatable bonds is 3. The molecule has 0 aromatic heterocycles. The molecule has 5 heteroatoms. The molecule has 1 fully saturated rings. The monoisotopic (exact) mass is 253 g/mol. The predicted molar refractivity (Wildman–Crippen MR) is 68.2 cm³/mol. The Kier molecular flexibility index (Phi) is 4.28. The first-order chi connectivity index (χ1) is 8.29. The van der Waals surface area contributed by atoms with Crippen molar-refractivity contribution in [3.63, 3.8) is 0 Å². The first-order valence-corrected chi connectivity index (χ1v) is 6.61. The third-order valence-corrected chi connectivity index (χ3v) is 3.44. The minimum atomic E-state index is -0.424. The summed E-state index contributed by atoms with van der Waals surface area (Å²) in [5.41, 5.74) is 1.99. The molecule has 1 amide bonds. The van der Waals surface area contributed by atoms with Gasteiger partial charge in [-0.3, -0.25) is 5.32 Å². The van der Waals surface area contributed by atoms with Crippen LogP contribution in [-0.2, 0) is 9.47 Å². The molecule has 1 N–H and O–H groups in total. The van der Waals surface area contributed by atoms with E-state index in [1.807, 2.05) is 24.3 Å². The maximum Gasteiger partial charge on any atom is 0.411 e. The summed E-state index contributed by atoms with van der Waals surface area (Å²) in [6.07, 6.45) is -0.424. The zero-order valence-corrected chi connectivity index (χ0v) is 10.5. The van der Waals surface area contributed by atoms with Crippen molar-refractivity contribution in [3.8, 4) is 0 Å². The molecule has 1 aliphatic rings. The molecular formula is C12H15NO3S. The normalized spacial score (nSPS) is 19.0. The first-order valence-electron chi connectivity index (χ1n) is 5.56. The quantitative estimate of drug-likeness (QED) is 0.899. The van der Waals surface area contributed by atoms with Crippen LogP contribution in [0.1, 0.15) is 17.9 Å². The molecule has 1 aromatic rings. The van der Waals surface area contributed by atoms with E-state index in [-0.39, 0.29) is 5.44 Å². The summed E-state index contributed by atoms with van der Waals surface area (Å²) in [6, 6.07) is 7.64. The van der Waals surface area contributed by atoms with Crippen LogP contribution in [0.5, 0.6) is 0 Å². The Morgan fingerprint density at radius 1 is 1.53 bits per heavy atom. The van der Waals surface area contributed by atoms with E-state index in [2.05, 4.69) is 5.32 Å². The van der Waals surface area contributed by atoms with Gasteiger partial charge in [0.1, 0.15) is 5.44 Å². The second-order valence-corrected chi connectivity index (χ2v) is 4.71. The molecule has 1 saturated heterocycles. The van der Waals surface area contributed by atoms with Crippen LogP contribution in [0, 0.1) is 0 Å². The second-order valence-electron chi connectivity index (χ2n) is 3.54. The highest BCUT2D eigenvalue weighted by Crippen LogP contribution is 2.35. The molecule has 1 atom stereocenters. The minimum Gasteiger partial charge on any atom is -0.450 e. The van der Waals surface area contributed by atoms with Gasteiger partial charge in [0.05, 0.1) is 13.2 Å². The number of thioether (sulfide) groups is 1. The van der Waals surface area contributed by atoms with Crippen molar-refractivity contribution in [2.24, 2.45) is 0 Å². The van der Waals surface area contributed by atoms with Crippen molar-refractivity contribution in [1.82, 2.24) is 0 Å². The maximum atomic E-state index is 11.2. The van der Waals surface area contributed by atoms with E-state index in [0.717, 1.165) is 23.6 Å². The van der Waals surface area contributed by atoms with E-state index in [1.54, 1.807) is 18.7 Å². The molecule has 0 radical (unpaired) electrons. The lowest BCUT2D eigenvalue weighted by molar-refractivity contribution is 0.145. The summed E-state index contributed by atoms with van der Waals surface area (Å²) in [6.45, 7) is 2.95. The van der Waals surface area contributed by atoms with Crippen LogP contribution in [0.4, 0.5) is 10.5 Å². The van der Waals surface area contributed by atoms with Gasteiger partial charge in [-0.05, 0) is 24.6 Å². The van der Waals surface area contributed by atoms with E-state index >= 15 is 0 Å². The molecule has 4 nitrogen and oxygen atoms in total. The third kappa shape index (κ3) is 3.38. The van der Waals surface area contributed by atoms with Crippen LogP contribution in [0.2, 0.25) is 0 Å². The number of benzene rings is 1. The van der Waals surface area contributed by atoms with Crippen molar-refractivity contribution < 1.29 is 14.3 Å². The van der Waals surface area contributed by atoms with Gasteiger partial charge in [0.25, 0.3) is 0 Å². The Balaban J connectivity index is 1.95. The lowest BCUT2D eigenvalue weighted by Gasteiger charge is -2.10. The highest BCUT2D eigenvalue weighted by Gasteiger charge is 2.17. The van der Waals surface area contributed by atoms with E-state index in [4.69, 9.17) is 9.47 Å². The Morgan fingerprint density at radius 2 is 2.29 bits per heavy atom. The van der Waals surface area contributed by atoms with Gasteiger partial charge in [0.2, 0.25) is 0 Å². The molecule has 0 saturated carbocycles. The number of amides is 1. The molecule has 0 spiro atoms. The Hall–Kier alpha value is -1.20. The third-order valence-electron chi connectivity index (χ3n) is 2.33. The summed E-state index contributed by atoms with van der Waals surface area (Å²) in [5.74, 6) is 1.04. The van der Waals surface area contributed by atoms with Crippen LogP contribution >= 0.6 is 11.8 Å². The Morgan fingerprint density at radius 3 is 2.88 bits per heavy atom. The Labute approximate surface area is 105 Å². The molecule has 1 heterocycles. The van der Waals surface area contributed by atoms with Crippen LogP contribution in [0.25, 0.3) is 0 Å². The number of ether oxygens (including phenoxy) is 2. The zero-order valence-electron chi connectivity index (χ0n) is 9.64. The molecular weight excluding hydrogens is 238 g/mol. The predicted octanol–water partition coefficient (Wildman–Crippen LogP) is 3.02. The average molecular weight is 253 g/mol.